The fraction of sp³-hybridized carbons (Fsp3) is 0.438. The number of likely N-dealkylation sites (tertiary alicyclic amines) is 1. The van der Waals surface area contributed by atoms with E-state index in [0.29, 0.717) is 36.8 Å². The zero-order chi connectivity index (χ0) is 30.5. The fourth-order valence-corrected chi connectivity index (χ4v) is 6.87. The summed E-state index contributed by atoms with van der Waals surface area (Å²) in [5.41, 5.74) is 0.860. The molecular weight excluding hydrogens is 557 g/mol. The van der Waals surface area contributed by atoms with Gasteiger partial charge < -0.3 is 19.7 Å². The Bertz CT molecular complexity index is 1640. The average Bonchev–Trinajstić information content (AvgIpc) is 3.50. The summed E-state index contributed by atoms with van der Waals surface area (Å²) in [5.74, 6) is 5.96. The topological polar surface area (TPSA) is 83.4 Å². The van der Waals surface area contributed by atoms with E-state index in [1.165, 1.54) is 4.90 Å². The number of halogens is 3. The molecule has 8 nitrogen and oxygen atoms in total. The van der Waals surface area contributed by atoms with E-state index < -0.39 is 17.6 Å². The molecule has 224 valence electrons. The van der Waals surface area contributed by atoms with Gasteiger partial charge >= 0.3 is 6.18 Å². The molecule has 3 heterocycles. The maximum absolute atomic E-state index is 14.3. The van der Waals surface area contributed by atoms with E-state index in [9.17, 15) is 22.8 Å². The van der Waals surface area contributed by atoms with Gasteiger partial charge in [-0.3, -0.25) is 9.59 Å². The molecule has 3 aliphatic rings. The van der Waals surface area contributed by atoms with Crippen LogP contribution in [0.15, 0.2) is 42.7 Å². The molecular formula is C32H33F3N6O2. The Kier molecular flexibility index (Phi) is 7.29. The Labute approximate surface area is 248 Å². The maximum Gasteiger partial charge on any atom is 0.416 e. The number of rotatable bonds is 7. The van der Waals surface area contributed by atoms with E-state index >= 15 is 0 Å². The number of hydrogen-bond acceptors (Lipinski definition) is 5. The molecule has 0 unspecified atom stereocenters. The molecule has 0 spiro atoms. The van der Waals surface area contributed by atoms with Crippen molar-refractivity contribution in [2.45, 2.75) is 51.4 Å². The van der Waals surface area contributed by atoms with Gasteiger partial charge in [-0.25, -0.2) is 0 Å². The molecule has 3 aromatic rings. The van der Waals surface area contributed by atoms with Crippen LogP contribution in [0.1, 0.15) is 65.1 Å². The van der Waals surface area contributed by atoms with Gasteiger partial charge in [0.2, 0.25) is 0 Å². The number of hydrogen-bond donors (Lipinski definition) is 1. The highest BCUT2D eigenvalue weighted by molar-refractivity contribution is 6.10. The van der Waals surface area contributed by atoms with Gasteiger partial charge in [0.25, 0.3) is 11.8 Å². The van der Waals surface area contributed by atoms with Crippen LogP contribution in [0.5, 0.6) is 0 Å². The highest BCUT2D eigenvalue weighted by Crippen LogP contribution is 2.52. The quantitative estimate of drug-likeness (QED) is 0.416. The van der Waals surface area contributed by atoms with E-state index in [0.717, 1.165) is 30.3 Å². The Morgan fingerprint density at radius 3 is 2.60 bits per heavy atom. The average molecular weight is 591 g/mol. The smallest absolute Gasteiger partial charge is 0.331 e. The number of alkyl halides is 3. The minimum Gasteiger partial charge on any atom is -0.331 e. The van der Waals surface area contributed by atoms with E-state index in [1.807, 2.05) is 29.8 Å². The van der Waals surface area contributed by atoms with E-state index in [4.69, 9.17) is 0 Å². The fourth-order valence-electron chi connectivity index (χ4n) is 6.87. The molecule has 0 radical (unpaired) electrons. The van der Waals surface area contributed by atoms with Crippen LogP contribution in [-0.4, -0.2) is 51.1 Å². The monoisotopic (exact) mass is 590 g/mol. The van der Waals surface area contributed by atoms with Crippen molar-refractivity contribution in [2.24, 2.45) is 18.9 Å². The highest BCUT2D eigenvalue weighted by Gasteiger charge is 2.48. The Hall–Kier alpha value is -4.17. The van der Waals surface area contributed by atoms with E-state index in [-0.39, 0.29) is 41.5 Å². The minimum absolute atomic E-state index is 0.00267. The van der Waals surface area contributed by atoms with Crippen LogP contribution in [-0.2, 0) is 36.5 Å². The SMILES string of the molecule is CC#CC(=O)N1CC(CNCc2cc3c(c(C(F)(F)F)c2)CN(c2cccc(C4(c5nncn5C)CC(C)C4)c2)C3=O)C1. The van der Waals surface area contributed by atoms with Crippen molar-refractivity contribution < 1.29 is 22.8 Å². The standard InChI is InChI=1S/C32H33F3N6O2/c1-4-6-28(42)40-16-22(17-40)15-36-14-21-9-25-26(27(10-21)32(33,34)35)18-41(29(25)43)24-8-5-7-23(11-24)31(12-20(2)13-31)30-38-37-19-39(30)3/h5,7-11,19-20,22,36H,12-18H2,1-3H3. The van der Waals surface area contributed by atoms with Crippen LogP contribution in [0.2, 0.25) is 0 Å². The number of nitrogens with one attached hydrogen (secondary N) is 1. The number of aromatic nitrogens is 3. The number of carbonyl (C=O) groups is 2. The van der Waals surface area contributed by atoms with Gasteiger partial charge in [0.1, 0.15) is 12.2 Å². The van der Waals surface area contributed by atoms with Gasteiger partial charge in [0.15, 0.2) is 0 Å². The number of fused-ring (bicyclic) bond motifs is 1. The van der Waals surface area contributed by atoms with Crippen molar-refractivity contribution in [1.29, 1.82) is 0 Å². The molecule has 1 aliphatic carbocycles. The molecule has 0 bridgehead atoms. The zero-order valence-corrected chi connectivity index (χ0v) is 24.3. The number of amides is 2. The van der Waals surface area contributed by atoms with Crippen molar-refractivity contribution in [3.05, 3.63) is 76.4 Å². The third-order valence-corrected chi connectivity index (χ3v) is 8.89. The molecule has 1 saturated heterocycles. The summed E-state index contributed by atoms with van der Waals surface area (Å²) < 4.78 is 44.7. The third kappa shape index (κ3) is 5.18. The summed E-state index contributed by atoms with van der Waals surface area (Å²) in [6.45, 7) is 5.46. The second-order valence-electron chi connectivity index (χ2n) is 12.1. The number of carbonyl (C=O) groups excluding carboxylic acids is 2. The van der Waals surface area contributed by atoms with E-state index in [2.05, 4.69) is 34.3 Å². The highest BCUT2D eigenvalue weighted by atomic mass is 19.4. The summed E-state index contributed by atoms with van der Waals surface area (Å²) in [4.78, 5) is 28.6. The largest absolute Gasteiger partial charge is 0.416 e. The second kappa shape index (κ2) is 10.8. The number of nitrogens with zero attached hydrogens (tertiary/aromatic N) is 5. The van der Waals surface area contributed by atoms with Gasteiger partial charge in [-0.15, -0.1) is 10.2 Å². The van der Waals surface area contributed by atoms with Crippen LogP contribution >= 0.6 is 0 Å². The van der Waals surface area contributed by atoms with Gasteiger partial charge in [0.05, 0.1) is 17.5 Å². The normalized spacial score (nSPS) is 21.6. The lowest BCUT2D eigenvalue weighted by Gasteiger charge is -2.46. The number of benzene rings is 2. The third-order valence-electron chi connectivity index (χ3n) is 8.89. The van der Waals surface area contributed by atoms with Crippen LogP contribution < -0.4 is 10.2 Å². The van der Waals surface area contributed by atoms with Crippen molar-refractivity contribution in [1.82, 2.24) is 25.0 Å². The maximum atomic E-state index is 14.3. The minimum atomic E-state index is -4.61. The molecule has 2 aromatic carbocycles. The predicted molar refractivity (Wildman–Crippen MR) is 154 cm³/mol. The first-order valence-corrected chi connectivity index (χ1v) is 14.4. The van der Waals surface area contributed by atoms with Crippen LogP contribution in [0.25, 0.3) is 0 Å². The van der Waals surface area contributed by atoms with Crippen LogP contribution in [0.4, 0.5) is 18.9 Å². The lowest BCUT2D eigenvalue weighted by molar-refractivity contribution is -0.138. The second-order valence-corrected chi connectivity index (χ2v) is 12.1. The summed E-state index contributed by atoms with van der Waals surface area (Å²) >= 11 is 0. The Morgan fingerprint density at radius 2 is 1.95 bits per heavy atom. The molecule has 0 atom stereocenters. The molecule has 11 heteroatoms. The summed E-state index contributed by atoms with van der Waals surface area (Å²) in [6.07, 6.45) is -1.20. The molecule has 2 amide bonds. The molecule has 1 aromatic heterocycles. The van der Waals surface area contributed by atoms with Gasteiger partial charge in [-0.2, -0.15) is 13.2 Å². The van der Waals surface area contributed by atoms with Crippen LogP contribution in [0, 0.1) is 23.7 Å². The summed E-state index contributed by atoms with van der Waals surface area (Å²) in [6, 6.07) is 10.3. The van der Waals surface area contributed by atoms with Crippen molar-refractivity contribution in [3.63, 3.8) is 0 Å². The van der Waals surface area contributed by atoms with Crippen molar-refractivity contribution >= 4 is 17.5 Å². The zero-order valence-electron chi connectivity index (χ0n) is 24.3. The summed E-state index contributed by atoms with van der Waals surface area (Å²) in [5, 5.41) is 11.7. The van der Waals surface area contributed by atoms with Gasteiger partial charge in [-0.1, -0.05) is 25.0 Å². The Morgan fingerprint density at radius 1 is 1.19 bits per heavy atom. The lowest BCUT2D eigenvalue weighted by atomic mass is 9.58. The molecule has 2 fully saturated rings. The predicted octanol–water partition coefficient (Wildman–Crippen LogP) is 4.28. The molecule has 1 N–H and O–H groups in total. The number of anilines is 1. The summed E-state index contributed by atoms with van der Waals surface area (Å²) in [7, 11) is 1.90. The molecule has 43 heavy (non-hydrogen) atoms. The first-order chi connectivity index (χ1) is 20.5. The number of aryl methyl sites for hydroxylation is 1. The molecule has 1 saturated carbocycles. The lowest BCUT2D eigenvalue weighted by Crippen LogP contribution is -2.52. The van der Waals surface area contributed by atoms with Crippen molar-refractivity contribution in [3.8, 4) is 11.8 Å². The van der Waals surface area contributed by atoms with Gasteiger partial charge in [0, 0.05) is 50.4 Å². The van der Waals surface area contributed by atoms with Crippen LogP contribution in [0.3, 0.4) is 0 Å². The molecule has 6 rings (SSSR count). The van der Waals surface area contributed by atoms with Crippen molar-refractivity contribution in [2.75, 3.05) is 24.5 Å². The first-order valence-electron chi connectivity index (χ1n) is 14.4. The van der Waals surface area contributed by atoms with Gasteiger partial charge in [-0.05, 0) is 72.6 Å². The van der Waals surface area contributed by atoms with E-state index in [1.54, 1.807) is 30.3 Å². The first kappa shape index (κ1) is 28.9. The molecule has 2 aliphatic heterocycles. The Balaban J connectivity index is 1.22.